The smallest absolute Gasteiger partial charge is 0.349 e. The molecule has 0 unspecified atom stereocenters. The molecule has 8 heteroatoms. The molecule has 0 aromatic rings. The van der Waals surface area contributed by atoms with Gasteiger partial charge < -0.3 is 10.6 Å². The number of nitrogens with one attached hydrogen (secondary N) is 1. The molecule has 2 amide bonds. The number of nitrogens with two attached hydrogens (primary N) is 1. The van der Waals surface area contributed by atoms with E-state index in [9.17, 15) is 22.8 Å². The molecule has 0 aliphatic rings. The first-order valence-electron chi connectivity index (χ1n) is 2.17. The van der Waals surface area contributed by atoms with Crippen molar-refractivity contribution in [3.63, 3.8) is 0 Å². The van der Waals surface area contributed by atoms with Gasteiger partial charge in [0.2, 0.25) is 0 Å². The summed E-state index contributed by atoms with van der Waals surface area (Å²) in [6.07, 6.45) is -5.14. The Morgan fingerprint density at radius 1 is 1.36 bits per heavy atom. The molecule has 0 saturated heterocycles. The first-order valence-corrected chi connectivity index (χ1v) is 2.17. The molecule has 0 atom stereocenters. The van der Waals surface area contributed by atoms with E-state index in [0.29, 0.717) is 0 Å². The van der Waals surface area contributed by atoms with Crippen LogP contribution in [0.5, 0.6) is 0 Å². The van der Waals surface area contributed by atoms with Crippen molar-refractivity contribution in [2.45, 2.75) is 6.18 Å². The van der Waals surface area contributed by atoms with Gasteiger partial charge in [0.15, 0.2) is 0 Å². The Labute approximate surface area is 58.2 Å². The lowest BCUT2D eigenvalue weighted by atomic mass is 10.7. The average Bonchev–Trinajstić information content (AvgIpc) is 1.80. The molecule has 0 saturated carbocycles. The molecule has 0 heterocycles. The quantitative estimate of drug-likeness (QED) is 0.491. The summed E-state index contributed by atoms with van der Waals surface area (Å²) in [5.74, 6) is -2.53. The molecular formula is C3H3F3N2O3. The van der Waals surface area contributed by atoms with Crippen molar-refractivity contribution in [1.29, 1.82) is 0 Å². The van der Waals surface area contributed by atoms with Crippen LogP contribution in [0.15, 0.2) is 0 Å². The average molecular weight is 172 g/mol. The Morgan fingerprint density at radius 3 is 2.09 bits per heavy atom. The summed E-state index contributed by atoms with van der Waals surface area (Å²) in [6, 6.07) is -1.39. The molecule has 0 rings (SSSR count). The van der Waals surface area contributed by atoms with Crippen LogP contribution in [0.3, 0.4) is 0 Å². The standard InChI is InChI=1S/C3H3F3N2O3/c4-3(5,6)1(9)11-8-2(7)10/h(H3,7,8,10). The maximum atomic E-state index is 11.2. The van der Waals surface area contributed by atoms with E-state index in [1.165, 1.54) is 0 Å². The Balaban J connectivity index is 3.80. The zero-order valence-corrected chi connectivity index (χ0v) is 4.94. The molecule has 5 nitrogen and oxygen atoms in total. The van der Waals surface area contributed by atoms with Crippen molar-refractivity contribution in [1.82, 2.24) is 5.48 Å². The molecular weight excluding hydrogens is 169 g/mol. The van der Waals surface area contributed by atoms with Crippen molar-refractivity contribution >= 4 is 12.0 Å². The largest absolute Gasteiger partial charge is 0.493 e. The van der Waals surface area contributed by atoms with Crippen LogP contribution in [0.1, 0.15) is 0 Å². The lowest BCUT2D eigenvalue weighted by Gasteiger charge is -2.04. The molecule has 0 aromatic carbocycles. The number of alkyl halides is 3. The van der Waals surface area contributed by atoms with E-state index in [1.54, 1.807) is 0 Å². The summed E-state index contributed by atoms with van der Waals surface area (Å²) < 4.78 is 33.7. The molecule has 0 fully saturated rings. The van der Waals surface area contributed by atoms with Gasteiger partial charge >= 0.3 is 18.2 Å². The van der Waals surface area contributed by atoms with E-state index >= 15 is 0 Å². The number of carbonyl (C=O) groups is 2. The minimum atomic E-state index is -5.14. The Kier molecular flexibility index (Phi) is 2.67. The van der Waals surface area contributed by atoms with Gasteiger partial charge in [-0.15, -0.1) is 0 Å². The third-order valence-electron chi connectivity index (χ3n) is 0.476. The maximum Gasteiger partial charge on any atom is 0.493 e. The van der Waals surface area contributed by atoms with Gasteiger partial charge in [0.25, 0.3) is 0 Å². The first-order chi connectivity index (χ1) is 4.84. The Morgan fingerprint density at radius 2 is 1.82 bits per heavy atom. The zero-order valence-electron chi connectivity index (χ0n) is 4.94. The number of primary amides is 1. The second kappa shape index (κ2) is 3.08. The fraction of sp³-hybridized carbons (Fsp3) is 0.333. The van der Waals surface area contributed by atoms with E-state index in [-0.39, 0.29) is 0 Å². The van der Waals surface area contributed by atoms with Crippen molar-refractivity contribution in [3.05, 3.63) is 0 Å². The van der Waals surface area contributed by atoms with Crippen LogP contribution >= 0.6 is 0 Å². The molecule has 11 heavy (non-hydrogen) atoms. The number of hydrogen-bond acceptors (Lipinski definition) is 3. The van der Waals surface area contributed by atoms with Crippen molar-refractivity contribution in [2.24, 2.45) is 5.73 Å². The van der Waals surface area contributed by atoms with E-state index < -0.39 is 18.2 Å². The van der Waals surface area contributed by atoms with Crippen LogP contribution in [0.2, 0.25) is 0 Å². The third-order valence-corrected chi connectivity index (χ3v) is 0.476. The summed E-state index contributed by atoms with van der Waals surface area (Å²) in [4.78, 5) is 22.6. The van der Waals surface area contributed by atoms with Gasteiger partial charge in [-0.25, -0.2) is 9.59 Å². The maximum absolute atomic E-state index is 11.2. The number of halogens is 3. The summed E-state index contributed by atoms with van der Waals surface area (Å²) in [6.45, 7) is 0. The van der Waals surface area contributed by atoms with Gasteiger partial charge in [0.05, 0.1) is 0 Å². The second-order valence-corrected chi connectivity index (χ2v) is 1.35. The van der Waals surface area contributed by atoms with Crippen LogP contribution < -0.4 is 11.2 Å². The zero-order chi connectivity index (χ0) is 9.07. The normalized spacial score (nSPS) is 10.5. The second-order valence-electron chi connectivity index (χ2n) is 1.35. The highest BCUT2D eigenvalue weighted by Gasteiger charge is 2.41. The van der Waals surface area contributed by atoms with Gasteiger partial charge in [0.1, 0.15) is 0 Å². The van der Waals surface area contributed by atoms with Crippen molar-refractivity contribution < 1.29 is 27.6 Å². The van der Waals surface area contributed by atoms with Crippen molar-refractivity contribution in [2.75, 3.05) is 0 Å². The lowest BCUT2D eigenvalue weighted by molar-refractivity contribution is -0.204. The summed E-state index contributed by atoms with van der Waals surface area (Å²) in [5.41, 5.74) is 5.31. The number of rotatable bonds is 0. The Bertz CT molecular complexity index is 177. The van der Waals surface area contributed by atoms with Gasteiger partial charge in [0, 0.05) is 0 Å². The van der Waals surface area contributed by atoms with E-state index in [1.807, 2.05) is 0 Å². The van der Waals surface area contributed by atoms with Crippen LogP contribution in [-0.4, -0.2) is 18.2 Å². The highest BCUT2D eigenvalue weighted by atomic mass is 19.4. The third kappa shape index (κ3) is 4.00. The predicted molar refractivity (Wildman–Crippen MR) is 24.9 cm³/mol. The van der Waals surface area contributed by atoms with Crippen LogP contribution in [-0.2, 0) is 9.63 Å². The number of hydroxylamine groups is 1. The fourth-order valence-corrected chi connectivity index (χ4v) is 0.155. The van der Waals surface area contributed by atoms with Gasteiger partial charge in [-0.3, -0.25) is 0 Å². The number of urea groups is 1. The van der Waals surface area contributed by atoms with E-state index in [0.717, 1.165) is 5.48 Å². The molecule has 0 aliphatic heterocycles. The number of hydrogen-bond donors (Lipinski definition) is 2. The molecule has 64 valence electrons. The summed E-state index contributed by atoms with van der Waals surface area (Å²) in [7, 11) is 0. The molecule has 3 N–H and O–H groups in total. The molecule has 0 aliphatic carbocycles. The topological polar surface area (TPSA) is 81.4 Å². The minimum Gasteiger partial charge on any atom is -0.349 e. The van der Waals surface area contributed by atoms with E-state index in [2.05, 4.69) is 10.6 Å². The summed E-state index contributed by atoms with van der Waals surface area (Å²) >= 11 is 0. The predicted octanol–water partition coefficient (Wildman–Crippen LogP) is -0.325. The highest BCUT2D eigenvalue weighted by Crippen LogP contribution is 2.15. The van der Waals surface area contributed by atoms with Gasteiger partial charge in [-0.1, -0.05) is 0 Å². The van der Waals surface area contributed by atoms with Crippen LogP contribution in [0.25, 0.3) is 0 Å². The molecule has 0 spiro atoms. The minimum absolute atomic E-state index is 1.02. The van der Waals surface area contributed by atoms with Gasteiger partial charge in [-0.2, -0.15) is 18.7 Å². The first kappa shape index (κ1) is 9.53. The Hall–Kier alpha value is -1.47. The molecule has 0 aromatic heterocycles. The van der Waals surface area contributed by atoms with Crippen molar-refractivity contribution in [3.8, 4) is 0 Å². The fourth-order valence-electron chi connectivity index (χ4n) is 0.155. The highest BCUT2D eigenvalue weighted by molar-refractivity contribution is 5.78. The number of amides is 2. The molecule has 0 radical (unpaired) electrons. The van der Waals surface area contributed by atoms with Gasteiger partial charge in [-0.05, 0) is 0 Å². The van der Waals surface area contributed by atoms with Crippen LogP contribution in [0.4, 0.5) is 18.0 Å². The SMILES string of the molecule is NC(=O)NOC(=O)C(F)(F)F. The lowest BCUT2D eigenvalue weighted by Crippen LogP contribution is -2.37. The van der Waals surface area contributed by atoms with Crippen LogP contribution in [0, 0.1) is 0 Å². The van der Waals surface area contributed by atoms with E-state index in [4.69, 9.17) is 0 Å². The molecule has 0 bridgehead atoms. The summed E-state index contributed by atoms with van der Waals surface area (Å²) in [5, 5.41) is 0. The number of carbonyl (C=O) groups excluding carboxylic acids is 2. The monoisotopic (exact) mass is 172 g/mol.